The number of hydrogen-bond acceptors (Lipinski definition) is 6. The van der Waals surface area contributed by atoms with Gasteiger partial charge in [-0.1, -0.05) is 0 Å². The van der Waals surface area contributed by atoms with E-state index in [0.717, 1.165) is 6.08 Å². The molecule has 94 valence electrons. The van der Waals surface area contributed by atoms with Crippen molar-refractivity contribution in [3.8, 4) is 17.2 Å². The number of allylic oxidation sites excluding steroid dienone is 1. The van der Waals surface area contributed by atoms with Gasteiger partial charge in [-0.2, -0.15) is 0 Å². The molecule has 1 aromatic carbocycles. The molecule has 0 heterocycles. The van der Waals surface area contributed by atoms with Crippen LogP contribution >= 0.6 is 0 Å². The molecule has 0 aromatic heterocycles. The predicted molar refractivity (Wildman–Crippen MR) is 61.2 cm³/mol. The molecule has 0 saturated heterocycles. The number of ketones is 2. The van der Waals surface area contributed by atoms with Crippen LogP contribution in [0.5, 0.6) is 17.2 Å². The summed E-state index contributed by atoms with van der Waals surface area (Å²) in [5, 5.41) is 19.6. The van der Waals surface area contributed by atoms with E-state index in [4.69, 9.17) is 9.47 Å². The zero-order valence-electron chi connectivity index (χ0n) is 9.68. The number of carbonyl (C=O) groups excluding carboxylic acids is 2. The molecule has 6 heteroatoms. The largest absolute Gasteiger partial charge is 0.507 e. The number of aliphatic hydroxyl groups is 1. The van der Waals surface area contributed by atoms with Crippen LogP contribution in [0.2, 0.25) is 0 Å². The lowest BCUT2D eigenvalue weighted by Gasteiger charge is -2.18. The van der Waals surface area contributed by atoms with E-state index in [9.17, 15) is 19.8 Å². The van der Waals surface area contributed by atoms with Crippen molar-refractivity contribution in [2.24, 2.45) is 0 Å². The first-order valence-corrected chi connectivity index (χ1v) is 4.98. The van der Waals surface area contributed by atoms with Crippen LogP contribution in [0.4, 0.5) is 0 Å². The van der Waals surface area contributed by atoms with E-state index in [2.05, 4.69) is 0 Å². The zero-order chi connectivity index (χ0) is 13.4. The van der Waals surface area contributed by atoms with Gasteiger partial charge in [0.05, 0.1) is 19.8 Å². The average Bonchev–Trinajstić information content (AvgIpc) is 2.34. The lowest BCUT2D eigenvalue weighted by atomic mass is 9.92. The van der Waals surface area contributed by atoms with Gasteiger partial charge in [0.1, 0.15) is 5.76 Å². The third kappa shape index (κ3) is 1.50. The maximum Gasteiger partial charge on any atom is 0.234 e. The minimum atomic E-state index is -0.855. The van der Waals surface area contributed by atoms with Crippen molar-refractivity contribution in [2.75, 3.05) is 14.2 Å². The highest BCUT2D eigenvalue weighted by atomic mass is 16.5. The van der Waals surface area contributed by atoms with Crippen LogP contribution in [-0.4, -0.2) is 36.0 Å². The third-order valence-corrected chi connectivity index (χ3v) is 2.64. The highest BCUT2D eigenvalue weighted by Gasteiger charge is 2.31. The smallest absolute Gasteiger partial charge is 0.234 e. The number of hydrogen-bond donors (Lipinski definition) is 2. The van der Waals surface area contributed by atoms with E-state index in [1.807, 2.05) is 0 Å². The first-order valence-electron chi connectivity index (χ1n) is 4.98. The van der Waals surface area contributed by atoms with Gasteiger partial charge in [-0.05, 0) is 6.07 Å². The Morgan fingerprint density at radius 3 is 2.33 bits per heavy atom. The van der Waals surface area contributed by atoms with Gasteiger partial charge in [0.2, 0.25) is 17.3 Å². The molecule has 1 aromatic rings. The fourth-order valence-corrected chi connectivity index (χ4v) is 1.81. The van der Waals surface area contributed by atoms with Crippen molar-refractivity contribution >= 4 is 17.3 Å². The van der Waals surface area contributed by atoms with Gasteiger partial charge < -0.3 is 19.7 Å². The van der Waals surface area contributed by atoms with E-state index in [-0.39, 0.29) is 22.6 Å². The molecule has 0 fully saturated rings. The topological polar surface area (TPSA) is 93.1 Å². The number of ether oxygens (including phenoxy) is 2. The Kier molecular flexibility index (Phi) is 2.70. The fourth-order valence-electron chi connectivity index (χ4n) is 1.81. The summed E-state index contributed by atoms with van der Waals surface area (Å²) in [6.45, 7) is 0. The number of carbonyl (C=O) groups is 2. The molecule has 0 bridgehead atoms. The van der Waals surface area contributed by atoms with E-state index in [1.165, 1.54) is 20.3 Å². The second-order valence-electron chi connectivity index (χ2n) is 3.61. The summed E-state index contributed by atoms with van der Waals surface area (Å²) in [5.41, 5.74) is -0.243. The third-order valence-electron chi connectivity index (χ3n) is 2.64. The summed E-state index contributed by atoms with van der Waals surface area (Å²) in [5.74, 6) is -2.51. The predicted octanol–water partition coefficient (Wildman–Crippen LogP) is 1.07. The fraction of sp³-hybridized carbons (Fsp3) is 0.167. The number of Topliss-reactive ketones (excluding diaryl/α,β-unsaturated/α-hetero) is 1. The molecule has 0 amide bonds. The number of phenolic OH excluding ortho intramolecular Hbond substituents is 1. The van der Waals surface area contributed by atoms with Gasteiger partial charge in [0.15, 0.2) is 11.5 Å². The standard InChI is InChI=1S/C12H10O6/c1-17-8-3-5-9(11(16)12(8)18-2)6(13)4-7(14)10(5)15/h3-4,13,16H,1-2H3. The van der Waals surface area contributed by atoms with Gasteiger partial charge >= 0.3 is 0 Å². The second-order valence-corrected chi connectivity index (χ2v) is 3.61. The molecule has 2 N–H and O–H groups in total. The monoisotopic (exact) mass is 250 g/mol. The van der Waals surface area contributed by atoms with Gasteiger partial charge in [-0.25, -0.2) is 0 Å². The number of aromatic hydroxyl groups is 1. The molecule has 0 radical (unpaired) electrons. The maximum absolute atomic E-state index is 11.7. The number of benzene rings is 1. The number of rotatable bonds is 2. The summed E-state index contributed by atoms with van der Waals surface area (Å²) in [6.07, 6.45) is 0.760. The van der Waals surface area contributed by atoms with E-state index in [0.29, 0.717) is 0 Å². The van der Waals surface area contributed by atoms with E-state index >= 15 is 0 Å². The molecule has 0 aliphatic heterocycles. The van der Waals surface area contributed by atoms with E-state index in [1.54, 1.807) is 0 Å². The summed E-state index contributed by atoms with van der Waals surface area (Å²) >= 11 is 0. The minimum absolute atomic E-state index is 0.0154. The summed E-state index contributed by atoms with van der Waals surface area (Å²) in [4.78, 5) is 23.0. The summed E-state index contributed by atoms with van der Waals surface area (Å²) in [7, 11) is 2.63. The Hall–Kier alpha value is -2.50. The van der Waals surface area contributed by atoms with Crippen LogP contribution in [0.15, 0.2) is 12.1 Å². The van der Waals surface area contributed by atoms with Crippen molar-refractivity contribution in [2.45, 2.75) is 0 Å². The van der Waals surface area contributed by atoms with Gasteiger partial charge in [-0.15, -0.1) is 0 Å². The SMILES string of the molecule is COc1cc2c(c(O)c1OC)C(O)=CC(=O)C2=O. The first kappa shape index (κ1) is 12.0. The van der Waals surface area contributed by atoms with Crippen molar-refractivity contribution in [1.82, 2.24) is 0 Å². The molecule has 1 aliphatic carbocycles. The highest BCUT2D eigenvalue weighted by Crippen LogP contribution is 2.44. The number of phenols is 1. The zero-order valence-corrected chi connectivity index (χ0v) is 9.68. The van der Waals surface area contributed by atoms with E-state index < -0.39 is 23.1 Å². The molecule has 0 spiro atoms. The Balaban J connectivity index is 2.82. The molecular weight excluding hydrogens is 240 g/mol. The molecule has 0 unspecified atom stereocenters. The molecule has 6 nitrogen and oxygen atoms in total. The maximum atomic E-state index is 11.7. The highest BCUT2D eigenvalue weighted by molar-refractivity contribution is 6.50. The van der Waals surface area contributed by atoms with Crippen molar-refractivity contribution in [3.05, 3.63) is 23.3 Å². The van der Waals surface area contributed by atoms with Gasteiger partial charge in [0.25, 0.3) is 0 Å². The minimum Gasteiger partial charge on any atom is -0.507 e. The molecular formula is C12H10O6. The number of fused-ring (bicyclic) bond motifs is 1. The van der Waals surface area contributed by atoms with Crippen LogP contribution in [0.25, 0.3) is 5.76 Å². The number of methoxy groups -OCH3 is 2. The number of aliphatic hydroxyl groups excluding tert-OH is 1. The Morgan fingerprint density at radius 1 is 1.11 bits per heavy atom. The van der Waals surface area contributed by atoms with Crippen LogP contribution in [-0.2, 0) is 4.79 Å². The lowest BCUT2D eigenvalue weighted by Crippen LogP contribution is -2.19. The summed E-state index contributed by atoms with van der Waals surface area (Å²) < 4.78 is 9.89. The molecule has 1 aliphatic rings. The molecule has 2 rings (SSSR count). The Bertz CT molecular complexity index is 585. The second kappa shape index (κ2) is 4.06. The van der Waals surface area contributed by atoms with Crippen molar-refractivity contribution in [3.63, 3.8) is 0 Å². The summed E-state index contributed by atoms with van der Waals surface area (Å²) in [6, 6.07) is 1.25. The first-order chi connectivity index (χ1) is 8.51. The normalized spacial score (nSPS) is 14.0. The quantitative estimate of drug-likeness (QED) is 0.763. The van der Waals surface area contributed by atoms with Crippen LogP contribution in [0.1, 0.15) is 15.9 Å². The molecule has 18 heavy (non-hydrogen) atoms. The Morgan fingerprint density at radius 2 is 1.78 bits per heavy atom. The molecule has 0 saturated carbocycles. The van der Waals surface area contributed by atoms with Crippen molar-refractivity contribution in [1.29, 1.82) is 0 Å². The van der Waals surface area contributed by atoms with Gasteiger partial charge in [0, 0.05) is 11.6 Å². The average molecular weight is 250 g/mol. The lowest BCUT2D eigenvalue weighted by molar-refractivity contribution is -0.111. The Labute approximate surface area is 102 Å². The van der Waals surface area contributed by atoms with Gasteiger partial charge in [-0.3, -0.25) is 9.59 Å². The van der Waals surface area contributed by atoms with Crippen LogP contribution in [0.3, 0.4) is 0 Å². The van der Waals surface area contributed by atoms with Crippen LogP contribution < -0.4 is 9.47 Å². The molecule has 0 atom stereocenters. The van der Waals surface area contributed by atoms with Crippen molar-refractivity contribution < 1.29 is 29.3 Å². The van der Waals surface area contributed by atoms with Crippen LogP contribution in [0, 0.1) is 0 Å².